The third-order valence-electron chi connectivity index (χ3n) is 5.25. The van der Waals surface area contributed by atoms with E-state index in [2.05, 4.69) is 15.6 Å². The fraction of sp³-hybridized carbons (Fsp3) is 0.600. The number of ether oxygens (including phenoxy) is 1. The van der Waals surface area contributed by atoms with Crippen LogP contribution in [-0.2, 0) is 4.79 Å². The van der Waals surface area contributed by atoms with E-state index in [0.717, 1.165) is 44.1 Å². The van der Waals surface area contributed by atoms with Crippen LogP contribution < -0.4 is 15.4 Å². The molecule has 1 saturated carbocycles. The normalized spacial score (nSPS) is 20.7. The van der Waals surface area contributed by atoms with Crippen molar-refractivity contribution in [2.45, 2.75) is 38.1 Å². The van der Waals surface area contributed by atoms with Gasteiger partial charge in [0.2, 0.25) is 5.91 Å². The molecule has 0 aromatic heterocycles. The summed E-state index contributed by atoms with van der Waals surface area (Å²) in [6.45, 7) is 2.76. The summed E-state index contributed by atoms with van der Waals surface area (Å²) in [5.74, 6) is 2.14. The zero-order valence-electron chi connectivity index (χ0n) is 15.9. The first-order valence-electron chi connectivity index (χ1n) is 9.80. The van der Waals surface area contributed by atoms with E-state index in [1.165, 1.54) is 12.8 Å². The summed E-state index contributed by atoms with van der Waals surface area (Å²) in [5.41, 5.74) is 0. The highest BCUT2D eigenvalue weighted by Crippen LogP contribution is 2.27. The fourth-order valence-corrected chi connectivity index (χ4v) is 3.89. The standard InChI is InChI=1S/C20H29ClN4O2/c1-22-20(23-11-13-27-18-8-6-16(21)7-9-18)24-17-10-12-25(14-17)19(26)15-4-2-3-5-15/h6-9,15,17H,2-5,10-14H2,1H3,(H2,22,23,24). The first-order valence-corrected chi connectivity index (χ1v) is 10.2. The fourth-order valence-electron chi connectivity index (χ4n) is 3.77. The van der Waals surface area contributed by atoms with Crippen LogP contribution in [0.1, 0.15) is 32.1 Å². The average molecular weight is 393 g/mol. The van der Waals surface area contributed by atoms with E-state index in [0.29, 0.717) is 24.1 Å². The monoisotopic (exact) mass is 392 g/mol. The second kappa shape index (κ2) is 9.83. The number of nitrogens with zero attached hydrogens (tertiary/aromatic N) is 2. The number of nitrogens with one attached hydrogen (secondary N) is 2. The molecule has 7 heteroatoms. The number of aliphatic imine (C=N–C) groups is 1. The van der Waals surface area contributed by atoms with Crippen LogP contribution in [0, 0.1) is 5.92 Å². The molecule has 1 aliphatic carbocycles. The van der Waals surface area contributed by atoms with Crippen LogP contribution in [0.25, 0.3) is 0 Å². The Hall–Kier alpha value is -1.95. The van der Waals surface area contributed by atoms with Gasteiger partial charge in [-0.3, -0.25) is 9.79 Å². The minimum absolute atomic E-state index is 0.249. The Morgan fingerprint density at radius 1 is 1.26 bits per heavy atom. The van der Waals surface area contributed by atoms with E-state index in [9.17, 15) is 4.79 Å². The van der Waals surface area contributed by atoms with Crippen molar-refractivity contribution in [1.29, 1.82) is 0 Å². The summed E-state index contributed by atoms with van der Waals surface area (Å²) in [5, 5.41) is 7.38. The van der Waals surface area contributed by atoms with Gasteiger partial charge in [0.25, 0.3) is 0 Å². The maximum atomic E-state index is 12.5. The van der Waals surface area contributed by atoms with Crippen molar-refractivity contribution in [1.82, 2.24) is 15.5 Å². The van der Waals surface area contributed by atoms with E-state index >= 15 is 0 Å². The Balaban J connectivity index is 1.36. The zero-order valence-corrected chi connectivity index (χ0v) is 16.7. The number of carbonyl (C=O) groups excluding carboxylic acids is 1. The Morgan fingerprint density at radius 3 is 2.70 bits per heavy atom. The molecular weight excluding hydrogens is 364 g/mol. The summed E-state index contributed by atoms with van der Waals surface area (Å²) in [7, 11) is 1.76. The molecule has 148 valence electrons. The van der Waals surface area contributed by atoms with E-state index in [1.807, 2.05) is 29.2 Å². The lowest BCUT2D eigenvalue weighted by Crippen LogP contribution is -2.46. The van der Waals surface area contributed by atoms with Crippen molar-refractivity contribution in [2.75, 3.05) is 33.3 Å². The van der Waals surface area contributed by atoms with Gasteiger partial charge in [0, 0.05) is 37.1 Å². The quantitative estimate of drug-likeness (QED) is 0.444. The highest BCUT2D eigenvalue weighted by Gasteiger charge is 2.32. The molecule has 2 N–H and O–H groups in total. The predicted octanol–water partition coefficient (Wildman–Crippen LogP) is 2.67. The zero-order chi connectivity index (χ0) is 19.1. The van der Waals surface area contributed by atoms with E-state index in [1.54, 1.807) is 7.05 Å². The first-order chi connectivity index (χ1) is 13.2. The van der Waals surface area contributed by atoms with Crippen LogP contribution in [0.15, 0.2) is 29.3 Å². The Kier molecular flexibility index (Phi) is 7.21. The minimum Gasteiger partial charge on any atom is -0.492 e. The molecule has 1 atom stereocenters. The van der Waals surface area contributed by atoms with Gasteiger partial charge in [-0.2, -0.15) is 0 Å². The summed E-state index contributed by atoms with van der Waals surface area (Å²) in [6.07, 6.45) is 5.47. The molecule has 0 bridgehead atoms. The number of benzene rings is 1. The molecule has 1 heterocycles. The molecule has 1 saturated heterocycles. The topological polar surface area (TPSA) is 66.0 Å². The Morgan fingerprint density at radius 2 is 2.00 bits per heavy atom. The number of rotatable bonds is 6. The SMILES string of the molecule is CN=C(NCCOc1ccc(Cl)cc1)NC1CCN(C(=O)C2CCCC2)C1. The Bertz CT molecular complexity index is 644. The van der Waals surface area contributed by atoms with Crippen LogP contribution in [0.5, 0.6) is 5.75 Å². The summed E-state index contributed by atoms with van der Waals surface area (Å²) < 4.78 is 5.67. The molecular formula is C20H29ClN4O2. The molecule has 1 unspecified atom stereocenters. The maximum Gasteiger partial charge on any atom is 0.225 e. The lowest BCUT2D eigenvalue weighted by Gasteiger charge is -2.21. The van der Waals surface area contributed by atoms with Crippen LogP contribution >= 0.6 is 11.6 Å². The lowest BCUT2D eigenvalue weighted by atomic mass is 10.1. The number of amides is 1. The third-order valence-corrected chi connectivity index (χ3v) is 5.50. The first kappa shape index (κ1) is 19.8. The van der Waals surface area contributed by atoms with Crippen molar-refractivity contribution in [2.24, 2.45) is 10.9 Å². The molecule has 1 aliphatic heterocycles. The molecule has 0 spiro atoms. The van der Waals surface area contributed by atoms with Crippen LogP contribution in [0.2, 0.25) is 5.02 Å². The molecule has 6 nitrogen and oxygen atoms in total. The van der Waals surface area contributed by atoms with Crippen molar-refractivity contribution < 1.29 is 9.53 Å². The van der Waals surface area contributed by atoms with Crippen LogP contribution in [-0.4, -0.2) is 56.1 Å². The minimum atomic E-state index is 0.249. The van der Waals surface area contributed by atoms with Gasteiger partial charge in [-0.15, -0.1) is 0 Å². The van der Waals surface area contributed by atoms with Gasteiger partial charge in [0.15, 0.2) is 5.96 Å². The predicted molar refractivity (Wildman–Crippen MR) is 108 cm³/mol. The van der Waals surface area contributed by atoms with Crippen molar-refractivity contribution in [3.8, 4) is 5.75 Å². The van der Waals surface area contributed by atoms with Crippen molar-refractivity contribution in [3.05, 3.63) is 29.3 Å². The van der Waals surface area contributed by atoms with Gasteiger partial charge >= 0.3 is 0 Å². The third kappa shape index (κ3) is 5.76. The van der Waals surface area contributed by atoms with Crippen molar-refractivity contribution >= 4 is 23.5 Å². The molecule has 2 aliphatic rings. The Labute approximate surface area is 166 Å². The number of halogens is 1. The molecule has 1 amide bonds. The largest absolute Gasteiger partial charge is 0.492 e. The van der Waals surface area contributed by atoms with E-state index < -0.39 is 0 Å². The number of hydrogen-bond acceptors (Lipinski definition) is 3. The molecule has 1 aromatic rings. The van der Waals surface area contributed by atoms with Gasteiger partial charge in [0.1, 0.15) is 12.4 Å². The summed E-state index contributed by atoms with van der Waals surface area (Å²) >= 11 is 5.86. The molecule has 3 rings (SSSR count). The number of carbonyl (C=O) groups is 1. The van der Waals surface area contributed by atoms with Crippen molar-refractivity contribution in [3.63, 3.8) is 0 Å². The van der Waals surface area contributed by atoms with Crippen LogP contribution in [0.4, 0.5) is 0 Å². The van der Waals surface area contributed by atoms with Crippen LogP contribution in [0.3, 0.4) is 0 Å². The van der Waals surface area contributed by atoms with E-state index in [-0.39, 0.29) is 12.0 Å². The smallest absolute Gasteiger partial charge is 0.225 e. The number of hydrogen-bond donors (Lipinski definition) is 2. The van der Waals surface area contributed by atoms with E-state index in [4.69, 9.17) is 16.3 Å². The second-order valence-electron chi connectivity index (χ2n) is 7.20. The summed E-state index contributed by atoms with van der Waals surface area (Å²) in [4.78, 5) is 18.8. The number of likely N-dealkylation sites (tertiary alicyclic amines) is 1. The molecule has 1 aromatic carbocycles. The van der Waals surface area contributed by atoms with Gasteiger partial charge < -0.3 is 20.3 Å². The summed E-state index contributed by atoms with van der Waals surface area (Å²) in [6, 6.07) is 7.57. The molecule has 27 heavy (non-hydrogen) atoms. The lowest BCUT2D eigenvalue weighted by molar-refractivity contribution is -0.134. The maximum absolute atomic E-state index is 12.5. The molecule has 0 radical (unpaired) electrons. The van der Waals surface area contributed by atoms with Gasteiger partial charge in [-0.1, -0.05) is 24.4 Å². The van der Waals surface area contributed by atoms with Gasteiger partial charge in [-0.25, -0.2) is 0 Å². The van der Waals surface area contributed by atoms with Gasteiger partial charge in [0.05, 0.1) is 6.54 Å². The highest BCUT2D eigenvalue weighted by molar-refractivity contribution is 6.30. The van der Waals surface area contributed by atoms with Gasteiger partial charge in [-0.05, 0) is 43.5 Å². The second-order valence-corrected chi connectivity index (χ2v) is 7.63. The molecule has 2 fully saturated rings. The highest BCUT2D eigenvalue weighted by atomic mass is 35.5. The average Bonchev–Trinajstić information content (AvgIpc) is 3.37. The number of guanidine groups is 1.